The van der Waals surface area contributed by atoms with Crippen molar-refractivity contribution in [1.82, 2.24) is 25.0 Å². The molecule has 0 fully saturated rings. The molecule has 0 aliphatic heterocycles. The highest BCUT2D eigenvalue weighted by Gasteiger charge is 2.09. The van der Waals surface area contributed by atoms with Gasteiger partial charge in [-0.2, -0.15) is 0 Å². The van der Waals surface area contributed by atoms with Crippen molar-refractivity contribution >= 4 is 28.9 Å². The Balaban J connectivity index is 1.93. The number of halogens is 1. The summed E-state index contributed by atoms with van der Waals surface area (Å²) in [7, 11) is 3.70. The highest BCUT2D eigenvalue weighted by Crippen LogP contribution is 2.22. The molecule has 7 nitrogen and oxygen atoms in total. The Labute approximate surface area is 157 Å². The number of aliphatic imine (C=N–C) groups is 1. The monoisotopic (exact) mass is 384 g/mol. The normalized spacial score (nSPS) is 11.8. The molecule has 0 unspecified atom stereocenters. The largest absolute Gasteiger partial charge is 0.383 e. The van der Waals surface area contributed by atoms with Gasteiger partial charge in [-0.3, -0.25) is 4.99 Å². The lowest BCUT2D eigenvalue weighted by Crippen LogP contribution is -2.40. The lowest BCUT2D eigenvalue weighted by molar-refractivity contribution is 0.207. The SMILES string of the molecule is CCc1nncn1CCNC(=NCCOC)N(C)Cc1ccc(Cl)s1. The average molecular weight is 385 g/mol. The fourth-order valence-electron chi connectivity index (χ4n) is 2.33. The second-order valence-corrected chi connectivity index (χ2v) is 7.28. The first-order valence-corrected chi connectivity index (χ1v) is 9.42. The summed E-state index contributed by atoms with van der Waals surface area (Å²) in [5, 5.41) is 11.5. The van der Waals surface area contributed by atoms with Crippen molar-refractivity contribution in [2.75, 3.05) is 33.9 Å². The van der Waals surface area contributed by atoms with E-state index in [0.29, 0.717) is 13.2 Å². The first kappa shape index (κ1) is 19.7. The molecule has 0 aliphatic rings. The average Bonchev–Trinajstić information content (AvgIpc) is 3.22. The third-order valence-electron chi connectivity index (χ3n) is 3.59. The van der Waals surface area contributed by atoms with E-state index in [4.69, 9.17) is 16.3 Å². The molecule has 25 heavy (non-hydrogen) atoms. The third-order valence-corrected chi connectivity index (χ3v) is 4.80. The lowest BCUT2D eigenvalue weighted by atomic mass is 10.4. The van der Waals surface area contributed by atoms with Gasteiger partial charge in [-0.1, -0.05) is 18.5 Å². The molecule has 0 atom stereocenters. The van der Waals surface area contributed by atoms with E-state index in [1.54, 1.807) is 24.8 Å². The number of nitrogens with zero attached hydrogens (tertiary/aromatic N) is 5. The number of aromatic nitrogens is 3. The fourth-order valence-corrected chi connectivity index (χ4v) is 3.47. The molecule has 0 spiro atoms. The van der Waals surface area contributed by atoms with Crippen LogP contribution in [0.2, 0.25) is 4.34 Å². The van der Waals surface area contributed by atoms with Crippen molar-refractivity contribution in [2.24, 2.45) is 4.99 Å². The number of aryl methyl sites for hydroxylation is 1. The van der Waals surface area contributed by atoms with Gasteiger partial charge in [0.15, 0.2) is 5.96 Å². The molecule has 9 heteroatoms. The summed E-state index contributed by atoms with van der Waals surface area (Å²) in [5.74, 6) is 1.83. The summed E-state index contributed by atoms with van der Waals surface area (Å²) < 4.78 is 7.95. The van der Waals surface area contributed by atoms with Crippen molar-refractivity contribution in [2.45, 2.75) is 26.4 Å². The van der Waals surface area contributed by atoms with Crippen LogP contribution in [-0.4, -0.2) is 59.5 Å². The van der Waals surface area contributed by atoms with Crippen LogP contribution < -0.4 is 5.32 Å². The zero-order valence-corrected chi connectivity index (χ0v) is 16.5. The number of hydrogen-bond donors (Lipinski definition) is 1. The van der Waals surface area contributed by atoms with Crippen LogP contribution in [0.25, 0.3) is 0 Å². The fraction of sp³-hybridized carbons (Fsp3) is 0.562. The number of nitrogens with one attached hydrogen (secondary N) is 1. The van der Waals surface area contributed by atoms with Gasteiger partial charge in [0.1, 0.15) is 12.2 Å². The number of methoxy groups -OCH3 is 1. The molecule has 2 aromatic rings. The second-order valence-electron chi connectivity index (χ2n) is 5.48. The third kappa shape index (κ3) is 6.30. The van der Waals surface area contributed by atoms with E-state index in [0.717, 1.165) is 42.2 Å². The zero-order valence-electron chi connectivity index (χ0n) is 14.9. The van der Waals surface area contributed by atoms with E-state index in [1.807, 2.05) is 19.2 Å². The molecule has 1 N–H and O–H groups in total. The summed E-state index contributed by atoms with van der Waals surface area (Å²) in [6.07, 6.45) is 2.63. The topological polar surface area (TPSA) is 67.6 Å². The van der Waals surface area contributed by atoms with Crippen molar-refractivity contribution in [3.8, 4) is 0 Å². The quantitative estimate of drug-likeness (QED) is 0.408. The molecule has 0 saturated carbocycles. The molecular weight excluding hydrogens is 360 g/mol. The van der Waals surface area contributed by atoms with Crippen molar-refractivity contribution < 1.29 is 4.74 Å². The molecule has 0 aliphatic carbocycles. The first-order chi connectivity index (χ1) is 12.1. The molecule has 0 saturated heterocycles. The highest BCUT2D eigenvalue weighted by atomic mass is 35.5. The summed E-state index contributed by atoms with van der Waals surface area (Å²) in [6.45, 7) is 5.57. The van der Waals surface area contributed by atoms with Crippen molar-refractivity contribution in [1.29, 1.82) is 0 Å². The lowest BCUT2D eigenvalue weighted by Gasteiger charge is -2.22. The Morgan fingerprint density at radius 1 is 1.48 bits per heavy atom. The second kappa shape index (κ2) is 10.4. The van der Waals surface area contributed by atoms with Gasteiger partial charge in [-0.25, -0.2) is 0 Å². The standard InChI is InChI=1S/C16H25ClN6OS/c1-4-15-21-20-12-23(15)9-7-18-16(19-8-10-24-3)22(2)11-13-5-6-14(17)25-13/h5-6,12H,4,7-11H2,1-3H3,(H,18,19). The molecule has 138 valence electrons. The van der Waals surface area contributed by atoms with Gasteiger partial charge in [-0.05, 0) is 12.1 Å². The van der Waals surface area contributed by atoms with Gasteiger partial charge in [0.05, 0.1) is 24.0 Å². The first-order valence-electron chi connectivity index (χ1n) is 8.23. The Morgan fingerprint density at radius 3 is 3.00 bits per heavy atom. The minimum atomic E-state index is 0.593. The van der Waals surface area contributed by atoms with Crippen LogP contribution in [0.15, 0.2) is 23.5 Å². The molecule has 2 aromatic heterocycles. The van der Waals surface area contributed by atoms with Gasteiger partial charge >= 0.3 is 0 Å². The van der Waals surface area contributed by atoms with Crippen LogP contribution in [-0.2, 0) is 24.2 Å². The molecule has 2 rings (SSSR count). The maximum Gasteiger partial charge on any atom is 0.194 e. The van der Waals surface area contributed by atoms with Crippen LogP contribution in [0.3, 0.4) is 0 Å². The van der Waals surface area contributed by atoms with Crippen molar-refractivity contribution in [3.05, 3.63) is 33.5 Å². The number of guanidine groups is 1. The van der Waals surface area contributed by atoms with E-state index >= 15 is 0 Å². The van der Waals surface area contributed by atoms with Crippen molar-refractivity contribution in [3.63, 3.8) is 0 Å². The summed E-state index contributed by atoms with van der Waals surface area (Å²) in [4.78, 5) is 7.90. The Bertz CT molecular complexity index is 671. The van der Waals surface area contributed by atoms with Gasteiger partial charge in [-0.15, -0.1) is 21.5 Å². The van der Waals surface area contributed by atoms with E-state index in [1.165, 1.54) is 4.88 Å². The van der Waals surface area contributed by atoms with Crippen LogP contribution in [0.4, 0.5) is 0 Å². The number of thiophene rings is 1. The number of ether oxygens (including phenoxy) is 1. The molecular formula is C16H25ClN6OS. The van der Waals surface area contributed by atoms with Gasteiger partial charge in [0.25, 0.3) is 0 Å². The van der Waals surface area contributed by atoms with E-state index in [-0.39, 0.29) is 0 Å². The maximum absolute atomic E-state index is 6.02. The minimum absolute atomic E-state index is 0.593. The van der Waals surface area contributed by atoms with E-state index in [9.17, 15) is 0 Å². The van der Waals surface area contributed by atoms with Crippen LogP contribution >= 0.6 is 22.9 Å². The maximum atomic E-state index is 6.02. The van der Waals surface area contributed by atoms with E-state index in [2.05, 4.69) is 36.9 Å². The van der Waals surface area contributed by atoms with Gasteiger partial charge < -0.3 is 19.5 Å². The Kier molecular flexibility index (Phi) is 8.17. The van der Waals surface area contributed by atoms with E-state index < -0.39 is 0 Å². The predicted octanol–water partition coefficient (Wildman–Crippen LogP) is 2.28. The molecule has 2 heterocycles. The Hall–Kier alpha value is -1.64. The molecule has 0 bridgehead atoms. The van der Waals surface area contributed by atoms with Crippen LogP contribution in [0, 0.1) is 0 Å². The minimum Gasteiger partial charge on any atom is -0.383 e. The Morgan fingerprint density at radius 2 is 2.32 bits per heavy atom. The molecule has 0 radical (unpaired) electrons. The van der Waals surface area contributed by atoms with Crippen LogP contribution in [0.1, 0.15) is 17.6 Å². The number of hydrogen-bond acceptors (Lipinski definition) is 5. The van der Waals surface area contributed by atoms with Gasteiger partial charge in [0.2, 0.25) is 0 Å². The van der Waals surface area contributed by atoms with Gasteiger partial charge in [0, 0.05) is 38.5 Å². The highest BCUT2D eigenvalue weighted by molar-refractivity contribution is 7.16. The summed E-state index contributed by atoms with van der Waals surface area (Å²) >= 11 is 7.60. The zero-order chi connectivity index (χ0) is 18.1. The molecule has 0 aromatic carbocycles. The predicted molar refractivity (Wildman–Crippen MR) is 102 cm³/mol. The number of rotatable bonds is 9. The van der Waals surface area contributed by atoms with Crippen LogP contribution in [0.5, 0.6) is 0 Å². The smallest absolute Gasteiger partial charge is 0.194 e. The molecule has 0 amide bonds. The summed E-state index contributed by atoms with van der Waals surface area (Å²) in [5.41, 5.74) is 0. The summed E-state index contributed by atoms with van der Waals surface area (Å²) in [6, 6.07) is 3.96.